The predicted octanol–water partition coefficient (Wildman–Crippen LogP) is 3.33. The van der Waals surface area contributed by atoms with E-state index in [-0.39, 0.29) is 6.04 Å². The summed E-state index contributed by atoms with van der Waals surface area (Å²) in [6.45, 7) is 8.11. The van der Waals surface area contributed by atoms with E-state index < -0.39 is 0 Å². The molecule has 0 aliphatic rings. The van der Waals surface area contributed by atoms with Gasteiger partial charge in [0.15, 0.2) is 5.90 Å². The van der Waals surface area contributed by atoms with Gasteiger partial charge in [0.05, 0.1) is 13.2 Å². The monoisotopic (exact) mass is 252 g/mol. The average molecular weight is 252 g/mol. The molecule has 18 heavy (non-hydrogen) atoms. The molecule has 0 aromatic carbocycles. The summed E-state index contributed by atoms with van der Waals surface area (Å²) in [5.74, 6) is 0.724. The van der Waals surface area contributed by atoms with Crippen LogP contribution in [-0.2, 0) is 4.74 Å². The fourth-order valence-electron chi connectivity index (χ4n) is 1.40. The first-order chi connectivity index (χ1) is 8.74. The number of nitrogens with one attached hydrogen (secondary N) is 1. The third-order valence-corrected chi connectivity index (χ3v) is 2.52. The van der Waals surface area contributed by atoms with E-state index in [9.17, 15) is 0 Å². The van der Waals surface area contributed by atoms with Gasteiger partial charge in [0.2, 0.25) is 0 Å². The summed E-state index contributed by atoms with van der Waals surface area (Å²) in [7, 11) is 1.65. The molecule has 0 fully saturated rings. The minimum atomic E-state index is 0.142. The zero-order chi connectivity index (χ0) is 13.6. The van der Waals surface area contributed by atoms with Crippen LogP contribution in [0.1, 0.15) is 40.0 Å². The highest BCUT2D eigenvalue weighted by atomic mass is 16.5. The fourth-order valence-corrected chi connectivity index (χ4v) is 1.40. The highest BCUT2D eigenvalue weighted by molar-refractivity contribution is 5.73. The second kappa shape index (κ2) is 12.4. The zero-order valence-electron chi connectivity index (χ0n) is 12.3. The maximum atomic E-state index is 5.11. The zero-order valence-corrected chi connectivity index (χ0v) is 12.3. The normalized spacial score (nSPS) is 14.6. The first-order valence-electron chi connectivity index (χ1n) is 6.87. The van der Waals surface area contributed by atoms with Crippen LogP contribution in [0.4, 0.5) is 0 Å². The molecular weight excluding hydrogens is 224 g/mol. The van der Waals surface area contributed by atoms with Crippen molar-refractivity contribution in [3.8, 4) is 0 Å². The Kier molecular flexibility index (Phi) is 11.6. The van der Waals surface area contributed by atoms with Crippen LogP contribution in [0.25, 0.3) is 0 Å². The van der Waals surface area contributed by atoms with E-state index in [0.717, 1.165) is 25.4 Å². The Hall–Kier alpha value is -1.09. The summed E-state index contributed by atoms with van der Waals surface area (Å²) >= 11 is 0. The molecule has 0 amide bonds. The van der Waals surface area contributed by atoms with Crippen LogP contribution in [0.2, 0.25) is 0 Å². The van der Waals surface area contributed by atoms with Crippen LogP contribution in [0, 0.1) is 0 Å². The van der Waals surface area contributed by atoms with Gasteiger partial charge in [-0.1, -0.05) is 44.6 Å². The second-order valence-corrected chi connectivity index (χ2v) is 4.20. The van der Waals surface area contributed by atoms with Crippen molar-refractivity contribution in [1.82, 2.24) is 5.32 Å². The van der Waals surface area contributed by atoms with Crippen molar-refractivity contribution in [3.63, 3.8) is 0 Å². The molecule has 0 heterocycles. The number of allylic oxidation sites excluding steroid dienone is 3. The molecule has 3 nitrogen and oxygen atoms in total. The van der Waals surface area contributed by atoms with Crippen LogP contribution in [0.3, 0.4) is 0 Å². The molecule has 104 valence electrons. The topological polar surface area (TPSA) is 33.6 Å². The van der Waals surface area contributed by atoms with E-state index in [0.29, 0.717) is 0 Å². The molecule has 0 rings (SSSR count). The minimum Gasteiger partial charge on any atom is -0.484 e. The quantitative estimate of drug-likeness (QED) is 0.295. The fraction of sp³-hybridized carbons (Fsp3) is 0.667. The van der Waals surface area contributed by atoms with Crippen LogP contribution < -0.4 is 5.32 Å². The van der Waals surface area contributed by atoms with Gasteiger partial charge >= 0.3 is 0 Å². The average Bonchev–Trinajstić information content (AvgIpc) is 2.39. The molecule has 0 aromatic heterocycles. The molecule has 0 aromatic rings. The van der Waals surface area contributed by atoms with Gasteiger partial charge in [-0.05, 0) is 19.4 Å². The van der Waals surface area contributed by atoms with E-state index in [1.807, 2.05) is 6.92 Å². The number of hydrogen-bond donors (Lipinski definition) is 1. The third kappa shape index (κ3) is 10.1. The molecule has 0 saturated heterocycles. The molecule has 0 saturated carbocycles. The highest BCUT2D eigenvalue weighted by Gasteiger charge is 2.02. The van der Waals surface area contributed by atoms with Crippen LogP contribution in [0.15, 0.2) is 29.3 Å². The molecule has 1 N–H and O–H groups in total. The maximum absolute atomic E-state index is 5.11. The number of nitrogens with zero attached hydrogens (tertiary/aromatic N) is 1. The summed E-state index contributed by atoms with van der Waals surface area (Å²) < 4.78 is 5.11. The van der Waals surface area contributed by atoms with E-state index >= 15 is 0 Å². The number of methoxy groups -OCH3 is 1. The van der Waals surface area contributed by atoms with Crippen LogP contribution in [0.5, 0.6) is 0 Å². The molecule has 0 bridgehead atoms. The number of unbranched alkanes of at least 4 members (excludes halogenated alkanes) is 1. The summed E-state index contributed by atoms with van der Waals surface area (Å²) in [4.78, 5) is 4.50. The molecule has 0 aliphatic carbocycles. The van der Waals surface area contributed by atoms with Crippen molar-refractivity contribution < 1.29 is 4.74 Å². The minimum absolute atomic E-state index is 0.142. The van der Waals surface area contributed by atoms with Gasteiger partial charge in [-0.3, -0.25) is 0 Å². The van der Waals surface area contributed by atoms with E-state index in [1.165, 1.54) is 12.8 Å². The molecule has 1 atom stereocenters. The number of ether oxygens (including phenoxy) is 1. The molecular formula is C15H28N2O. The predicted molar refractivity (Wildman–Crippen MR) is 80.3 cm³/mol. The molecule has 0 radical (unpaired) electrons. The second-order valence-electron chi connectivity index (χ2n) is 4.20. The Labute approximate surface area is 112 Å². The number of rotatable bonds is 9. The van der Waals surface area contributed by atoms with Crippen molar-refractivity contribution in [2.24, 2.45) is 4.99 Å². The maximum Gasteiger partial charge on any atom is 0.180 e. The summed E-state index contributed by atoms with van der Waals surface area (Å²) in [6, 6.07) is 0.142. The summed E-state index contributed by atoms with van der Waals surface area (Å²) in [6.07, 6.45) is 11.8. The van der Waals surface area contributed by atoms with Gasteiger partial charge in [-0.25, -0.2) is 4.99 Å². The SMILES string of the molecule is CCC=CC=CC(CNCCCC)/N=C(\C)OC. The van der Waals surface area contributed by atoms with Gasteiger partial charge in [0.25, 0.3) is 0 Å². The van der Waals surface area contributed by atoms with Gasteiger partial charge in [0, 0.05) is 13.5 Å². The first kappa shape index (κ1) is 16.9. The first-order valence-corrected chi connectivity index (χ1v) is 6.87. The summed E-state index contributed by atoms with van der Waals surface area (Å²) in [5, 5.41) is 3.42. The van der Waals surface area contributed by atoms with Gasteiger partial charge < -0.3 is 10.1 Å². The van der Waals surface area contributed by atoms with E-state index in [2.05, 4.69) is 48.5 Å². The van der Waals surface area contributed by atoms with Crippen molar-refractivity contribution in [2.75, 3.05) is 20.2 Å². The lowest BCUT2D eigenvalue weighted by atomic mass is 10.2. The Morgan fingerprint density at radius 3 is 2.72 bits per heavy atom. The van der Waals surface area contributed by atoms with Crippen LogP contribution >= 0.6 is 0 Å². The number of aliphatic imine (C=N–C) groups is 1. The lowest BCUT2D eigenvalue weighted by Gasteiger charge is -2.10. The highest BCUT2D eigenvalue weighted by Crippen LogP contribution is 1.96. The number of hydrogen-bond acceptors (Lipinski definition) is 3. The Morgan fingerprint density at radius 1 is 1.33 bits per heavy atom. The Bertz CT molecular complexity index is 270. The van der Waals surface area contributed by atoms with Crippen LogP contribution in [-0.4, -0.2) is 32.1 Å². The molecule has 3 heteroatoms. The van der Waals surface area contributed by atoms with E-state index in [4.69, 9.17) is 4.74 Å². The molecule has 1 unspecified atom stereocenters. The van der Waals surface area contributed by atoms with Crippen molar-refractivity contribution in [3.05, 3.63) is 24.3 Å². The summed E-state index contributed by atoms with van der Waals surface area (Å²) in [5.41, 5.74) is 0. The van der Waals surface area contributed by atoms with Gasteiger partial charge in [-0.2, -0.15) is 0 Å². The lowest BCUT2D eigenvalue weighted by Crippen LogP contribution is -2.26. The molecule has 0 aliphatic heterocycles. The Morgan fingerprint density at radius 2 is 2.11 bits per heavy atom. The standard InChI is InChI=1S/C15H28N2O/c1-5-7-9-10-11-15(17-14(3)18-4)13-16-12-8-6-2/h7,9-11,15-16H,5-6,8,12-13H2,1-4H3/b9-7?,11-10?,17-14+. The van der Waals surface area contributed by atoms with Crippen molar-refractivity contribution in [2.45, 2.75) is 46.1 Å². The van der Waals surface area contributed by atoms with Crippen molar-refractivity contribution >= 4 is 5.90 Å². The van der Waals surface area contributed by atoms with Gasteiger partial charge in [0.1, 0.15) is 0 Å². The Balaban J connectivity index is 4.24. The molecule has 0 spiro atoms. The third-order valence-electron chi connectivity index (χ3n) is 2.52. The lowest BCUT2D eigenvalue weighted by molar-refractivity contribution is 0.395. The van der Waals surface area contributed by atoms with Gasteiger partial charge in [-0.15, -0.1) is 0 Å². The van der Waals surface area contributed by atoms with E-state index in [1.54, 1.807) is 7.11 Å². The largest absolute Gasteiger partial charge is 0.484 e. The van der Waals surface area contributed by atoms with Crippen molar-refractivity contribution in [1.29, 1.82) is 0 Å². The smallest absolute Gasteiger partial charge is 0.180 e.